The number of azo groups is 1. The van der Waals surface area contributed by atoms with E-state index in [9.17, 15) is 9.59 Å². The molecule has 156 valence electrons. The molecule has 32 heavy (non-hydrogen) atoms. The molecule has 0 fully saturated rings. The van der Waals surface area contributed by atoms with Gasteiger partial charge in [0.25, 0.3) is 0 Å². The molecule has 0 unspecified atom stereocenters. The number of hydrogen-bond acceptors (Lipinski definition) is 6. The molecule has 0 amide bonds. The standard InChI is InChI=1S/C26H18N2O4/c29-25(31-19-11-3-1-4-12-19)21-15-7-9-17-23(21)27-28-24-18-10-8-16-22(24)26(30)32-20-13-5-2-6-14-20/h1-18H. The van der Waals surface area contributed by atoms with Gasteiger partial charge < -0.3 is 9.47 Å². The molecule has 0 aliphatic rings. The molecule has 0 aromatic heterocycles. The zero-order valence-electron chi connectivity index (χ0n) is 16.9. The van der Waals surface area contributed by atoms with Crippen molar-refractivity contribution in [1.82, 2.24) is 0 Å². The highest BCUT2D eigenvalue weighted by molar-refractivity contribution is 5.97. The summed E-state index contributed by atoms with van der Waals surface area (Å²) >= 11 is 0. The van der Waals surface area contributed by atoms with Crippen molar-refractivity contribution < 1.29 is 19.1 Å². The molecule has 0 N–H and O–H groups in total. The lowest BCUT2D eigenvalue weighted by Crippen LogP contribution is -2.09. The molecule has 0 aliphatic carbocycles. The number of para-hydroxylation sites is 2. The Hall–Kier alpha value is -4.58. The lowest BCUT2D eigenvalue weighted by molar-refractivity contribution is 0.0725. The summed E-state index contributed by atoms with van der Waals surface area (Å²) in [6.07, 6.45) is 0. The maximum atomic E-state index is 12.6. The van der Waals surface area contributed by atoms with E-state index in [1.807, 2.05) is 12.1 Å². The third kappa shape index (κ3) is 5.12. The van der Waals surface area contributed by atoms with E-state index in [1.165, 1.54) is 0 Å². The van der Waals surface area contributed by atoms with Crippen LogP contribution in [0.1, 0.15) is 20.7 Å². The van der Waals surface area contributed by atoms with Crippen LogP contribution in [-0.4, -0.2) is 11.9 Å². The zero-order chi connectivity index (χ0) is 22.2. The maximum Gasteiger partial charge on any atom is 0.345 e. The minimum atomic E-state index is -0.553. The van der Waals surface area contributed by atoms with Gasteiger partial charge in [-0.3, -0.25) is 0 Å². The number of rotatable bonds is 6. The summed E-state index contributed by atoms with van der Waals surface area (Å²) in [7, 11) is 0. The van der Waals surface area contributed by atoms with E-state index in [2.05, 4.69) is 10.2 Å². The number of esters is 2. The molecule has 0 atom stereocenters. The van der Waals surface area contributed by atoms with Gasteiger partial charge in [0.05, 0.1) is 11.1 Å². The SMILES string of the molecule is O=C(Oc1ccccc1)c1ccccc1N=Nc1ccccc1C(=O)Oc1ccccc1. The first-order valence-electron chi connectivity index (χ1n) is 9.85. The van der Waals surface area contributed by atoms with Crippen LogP contribution in [0.5, 0.6) is 11.5 Å². The normalized spacial score (nSPS) is 10.6. The minimum absolute atomic E-state index is 0.254. The lowest BCUT2D eigenvalue weighted by Gasteiger charge is -2.07. The van der Waals surface area contributed by atoms with Crippen LogP contribution in [0.4, 0.5) is 11.4 Å². The van der Waals surface area contributed by atoms with E-state index in [4.69, 9.17) is 9.47 Å². The van der Waals surface area contributed by atoms with Gasteiger partial charge in [0, 0.05) is 0 Å². The van der Waals surface area contributed by atoms with Crippen molar-refractivity contribution in [1.29, 1.82) is 0 Å². The Kier molecular flexibility index (Phi) is 6.43. The topological polar surface area (TPSA) is 77.3 Å². The van der Waals surface area contributed by atoms with Crippen LogP contribution in [0, 0.1) is 0 Å². The van der Waals surface area contributed by atoms with Crippen molar-refractivity contribution >= 4 is 23.3 Å². The Morgan fingerprint density at radius 2 is 0.812 bits per heavy atom. The second kappa shape index (κ2) is 9.95. The first-order valence-corrected chi connectivity index (χ1v) is 9.85. The fraction of sp³-hybridized carbons (Fsp3) is 0. The van der Waals surface area contributed by atoms with Crippen LogP contribution < -0.4 is 9.47 Å². The number of benzene rings is 4. The molecule has 0 heterocycles. The second-order valence-electron chi connectivity index (χ2n) is 6.64. The highest BCUT2D eigenvalue weighted by Gasteiger charge is 2.15. The third-order valence-corrected chi connectivity index (χ3v) is 4.42. The minimum Gasteiger partial charge on any atom is -0.423 e. The lowest BCUT2D eigenvalue weighted by atomic mass is 10.2. The van der Waals surface area contributed by atoms with E-state index < -0.39 is 11.9 Å². The summed E-state index contributed by atoms with van der Waals surface area (Å²) in [4.78, 5) is 25.3. The van der Waals surface area contributed by atoms with Crippen LogP contribution in [0.25, 0.3) is 0 Å². The predicted molar refractivity (Wildman–Crippen MR) is 120 cm³/mol. The smallest absolute Gasteiger partial charge is 0.345 e. The average molecular weight is 422 g/mol. The van der Waals surface area contributed by atoms with Gasteiger partial charge in [-0.05, 0) is 48.5 Å². The van der Waals surface area contributed by atoms with Gasteiger partial charge >= 0.3 is 11.9 Å². The zero-order valence-corrected chi connectivity index (χ0v) is 16.9. The first-order chi connectivity index (χ1) is 15.7. The largest absolute Gasteiger partial charge is 0.423 e. The molecule has 0 spiro atoms. The van der Waals surface area contributed by atoms with E-state index in [-0.39, 0.29) is 11.1 Å². The van der Waals surface area contributed by atoms with E-state index in [1.54, 1.807) is 97.1 Å². The second-order valence-corrected chi connectivity index (χ2v) is 6.64. The number of ether oxygens (including phenoxy) is 2. The van der Waals surface area contributed by atoms with Crippen molar-refractivity contribution in [2.75, 3.05) is 0 Å². The molecule has 0 aliphatic heterocycles. The molecular weight excluding hydrogens is 404 g/mol. The molecule has 4 aromatic carbocycles. The molecule has 0 radical (unpaired) electrons. The Morgan fingerprint density at radius 1 is 0.469 bits per heavy atom. The summed E-state index contributed by atoms with van der Waals surface area (Å²) in [6.45, 7) is 0. The highest BCUT2D eigenvalue weighted by Crippen LogP contribution is 2.26. The Labute approximate surface area is 184 Å². The van der Waals surface area contributed by atoms with Crippen molar-refractivity contribution in [3.05, 3.63) is 120 Å². The number of nitrogens with zero attached hydrogens (tertiary/aromatic N) is 2. The molecule has 6 nitrogen and oxygen atoms in total. The fourth-order valence-electron chi connectivity index (χ4n) is 2.88. The summed E-state index contributed by atoms with van der Waals surface area (Å²) in [6, 6.07) is 31.0. The number of carbonyl (C=O) groups excluding carboxylic acids is 2. The first kappa shape index (κ1) is 20.7. The average Bonchev–Trinajstić information content (AvgIpc) is 2.84. The summed E-state index contributed by atoms with van der Waals surface area (Å²) in [5.74, 6) is -0.249. The quantitative estimate of drug-likeness (QED) is 0.201. The van der Waals surface area contributed by atoms with Crippen LogP contribution in [0.2, 0.25) is 0 Å². The number of hydrogen-bond donors (Lipinski definition) is 0. The van der Waals surface area contributed by atoms with Crippen molar-refractivity contribution in [2.45, 2.75) is 0 Å². The molecule has 4 rings (SSSR count). The summed E-state index contributed by atoms with van der Waals surface area (Å²) in [5, 5.41) is 8.41. The Morgan fingerprint density at radius 3 is 1.22 bits per heavy atom. The number of carbonyl (C=O) groups is 2. The fourth-order valence-corrected chi connectivity index (χ4v) is 2.88. The monoisotopic (exact) mass is 422 g/mol. The van der Waals surface area contributed by atoms with Gasteiger partial charge in [-0.2, -0.15) is 0 Å². The van der Waals surface area contributed by atoms with E-state index in [0.717, 1.165) is 0 Å². The van der Waals surface area contributed by atoms with Gasteiger partial charge in [0.2, 0.25) is 0 Å². The van der Waals surface area contributed by atoms with Crippen LogP contribution in [0.15, 0.2) is 119 Å². The Balaban J connectivity index is 1.57. The van der Waals surface area contributed by atoms with Gasteiger partial charge in [-0.1, -0.05) is 60.7 Å². The van der Waals surface area contributed by atoms with Gasteiger partial charge in [0.1, 0.15) is 22.9 Å². The van der Waals surface area contributed by atoms with Crippen LogP contribution in [0.3, 0.4) is 0 Å². The summed E-state index contributed by atoms with van der Waals surface area (Å²) < 4.78 is 10.8. The molecule has 0 saturated heterocycles. The van der Waals surface area contributed by atoms with Crippen molar-refractivity contribution in [3.63, 3.8) is 0 Å². The molecule has 0 bridgehead atoms. The van der Waals surface area contributed by atoms with Crippen molar-refractivity contribution in [3.8, 4) is 11.5 Å². The maximum absolute atomic E-state index is 12.6. The Bertz CT molecular complexity index is 1160. The van der Waals surface area contributed by atoms with E-state index >= 15 is 0 Å². The predicted octanol–water partition coefficient (Wildman–Crippen LogP) is 6.54. The molecular formula is C26H18N2O4. The molecule has 0 saturated carbocycles. The van der Waals surface area contributed by atoms with E-state index in [0.29, 0.717) is 22.9 Å². The van der Waals surface area contributed by atoms with Crippen LogP contribution in [-0.2, 0) is 0 Å². The molecule has 4 aromatic rings. The summed E-state index contributed by atoms with van der Waals surface area (Å²) in [5.41, 5.74) is 1.15. The highest BCUT2D eigenvalue weighted by atomic mass is 16.5. The van der Waals surface area contributed by atoms with Gasteiger partial charge in [-0.15, -0.1) is 10.2 Å². The van der Waals surface area contributed by atoms with Crippen LogP contribution >= 0.6 is 0 Å². The van der Waals surface area contributed by atoms with Crippen molar-refractivity contribution in [2.24, 2.45) is 10.2 Å². The third-order valence-electron chi connectivity index (χ3n) is 4.42. The van der Waals surface area contributed by atoms with Gasteiger partial charge in [0.15, 0.2) is 0 Å². The van der Waals surface area contributed by atoms with Gasteiger partial charge in [-0.25, -0.2) is 9.59 Å². The molecule has 6 heteroatoms.